The van der Waals surface area contributed by atoms with Crippen LogP contribution in [-0.4, -0.2) is 26.8 Å². The minimum absolute atomic E-state index is 0.128. The third-order valence-electron chi connectivity index (χ3n) is 5.32. The summed E-state index contributed by atoms with van der Waals surface area (Å²) >= 11 is 0. The molecule has 0 aliphatic carbocycles. The third-order valence-corrected chi connectivity index (χ3v) is 5.32. The van der Waals surface area contributed by atoms with E-state index < -0.39 is 23.4 Å². The van der Waals surface area contributed by atoms with Crippen molar-refractivity contribution in [2.45, 2.75) is 0 Å². The Kier molecular flexibility index (Phi) is 6.10. The van der Waals surface area contributed by atoms with E-state index >= 15 is 0 Å². The van der Waals surface area contributed by atoms with Crippen LogP contribution in [-0.2, 0) is 0 Å². The highest BCUT2D eigenvalue weighted by atomic mass is 19.1. The fourth-order valence-electron chi connectivity index (χ4n) is 3.60. The zero-order valence-corrected chi connectivity index (χ0v) is 18.6. The molecule has 0 aliphatic rings. The number of anilines is 2. The number of urea groups is 1. The van der Waals surface area contributed by atoms with Crippen LogP contribution < -0.4 is 10.6 Å². The van der Waals surface area contributed by atoms with Gasteiger partial charge in [-0.1, -0.05) is 6.07 Å². The van der Waals surface area contributed by atoms with E-state index in [9.17, 15) is 18.4 Å². The van der Waals surface area contributed by atoms with E-state index in [2.05, 4.69) is 25.6 Å². The third kappa shape index (κ3) is 4.90. The van der Waals surface area contributed by atoms with Crippen LogP contribution in [0, 0.1) is 11.6 Å². The number of pyridine rings is 1. The molecule has 0 atom stereocenters. The Bertz CT molecular complexity index is 1610. The second-order valence-corrected chi connectivity index (χ2v) is 7.81. The Morgan fingerprint density at radius 2 is 1.61 bits per heavy atom. The smallest absolute Gasteiger partial charge is 0.308 e. The molecule has 3 aromatic carbocycles. The van der Waals surface area contributed by atoms with Crippen LogP contribution in [0.15, 0.2) is 91.4 Å². The molecule has 2 aromatic heterocycles. The summed E-state index contributed by atoms with van der Waals surface area (Å²) in [7, 11) is 0. The van der Waals surface area contributed by atoms with Gasteiger partial charge in [0.05, 0.1) is 28.5 Å². The highest BCUT2D eigenvalue weighted by molar-refractivity contribution is 6.10. The number of ketones is 1. The number of rotatable bonds is 5. The van der Waals surface area contributed by atoms with Gasteiger partial charge in [0.25, 0.3) is 0 Å². The predicted molar refractivity (Wildman–Crippen MR) is 132 cm³/mol. The molecule has 5 rings (SSSR count). The molecule has 9 heteroatoms. The van der Waals surface area contributed by atoms with Crippen molar-refractivity contribution in [1.82, 2.24) is 15.0 Å². The highest BCUT2D eigenvalue weighted by Crippen LogP contribution is 2.22. The second kappa shape index (κ2) is 9.67. The maximum absolute atomic E-state index is 14.8. The van der Waals surface area contributed by atoms with Crippen LogP contribution >= 0.6 is 0 Å². The average Bonchev–Trinajstić information content (AvgIpc) is 2.88. The van der Waals surface area contributed by atoms with Crippen molar-refractivity contribution >= 4 is 34.2 Å². The first-order valence-electron chi connectivity index (χ1n) is 10.8. The van der Waals surface area contributed by atoms with E-state index in [0.717, 1.165) is 17.7 Å². The molecule has 0 aliphatic heterocycles. The Balaban J connectivity index is 1.35. The van der Waals surface area contributed by atoms with Gasteiger partial charge in [0.15, 0.2) is 5.78 Å². The lowest BCUT2D eigenvalue weighted by atomic mass is 10.0. The number of hydrogen-bond donors (Lipinski definition) is 2. The van der Waals surface area contributed by atoms with Crippen molar-refractivity contribution in [2.24, 2.45) is 0 Å². The van der Waals surface area contributed by atoms with Crippen LogP contribution in [0.3, 0.4) is 0 Å². The van der Waals surface area contributed by atoms with Gasteiger partial charge in [-0.05, 0) is 66.7 Å². The van der Waals surface area contributed by atoms with Gasteiger partial charge in [-0.15, -0.1) is 0 Å². The monoisotopic (exact) mass is 481 g/mol. The molecule has 5 aromatic rings. The molecule has 0 unspecified atom stereocenters. The van der Waals surface area contributed by atoms with Gasteiger partial charge in [-0.3, -0.25) is 14.8 Å². The Morgan fingerprint density at radius 1 is 0.778 bits per heavy atom. The van der Waals surface area contributed by atoms with Gasteiger partial charge in [0, 0.05) is 34.9 Å². The molecule has 176 valence electrons. The van der Waals surface area contributed by atoms with E-state index in [1.807, 2.05) is 6.07 Å². The van der Waals surface area contributed by atoms with Crippen LogP contribution in [0.4, 0.5) is 25.0 Å². The van der Waals surface area contributed by atoms with E-state index in [1.54, 1.807) is 42.9 Å². The second-order valence-electron chi connectivity index (χ2n) is 7.81. The number of nitrogens with zero attached hydrogens (tertiary/aromatic N) is 3. The number of halogens is 2. The van der Waals surface area contributed by atoms with Gasteiger partial charge in [0.2, 0.25) is 0 Å². The number of carbonyl (C=O) groups is 2. The summed E-state index contributed by atoms with van der Waals surface area (Å²) in [5.74, 6) is -1.85. The first-order chi connectivity index (χ1) is 17.5. The average molecular weight is 481 g/mol. The summed E-state index contributed by atoms with van der Waals surface area (Å²) in [6, 6.07) is 16.8. The Morgan fingerprint density at radius 3 is 2.36 bits per heavy atom. The molecule has 2 heterocycles. The fraction of sp³-hybridized carbons (Fsp3) is 0. The molecule has 0 bridgehead atoms. The first kappa shape index (κ1) is 22.7. The van der Waals surface area contributed by atoms with Crippen LogP contribution in [0.1, 0.15) is 15.9 Å². The molecule has 36 heavy (non-hydrogen) atoms. The summed E-state index contributed by atoms with van der Waals surface area (Å²) in [6.45, 7) is 0. The summed E-state index contributed by atoms with van der Waals surface area (Å²) < 4.78 is 28.1. The van der Waals surface area contributed by atoms with Crippen LogP contribution in [0.2, 0.25) is 0 Å². The summed E-state index contributed by atoms with van der Waals surface area (Å²) in [5.41, 5.74) is 2.88. The Hall–Kier alpha value is -5.05. The number of aromatic nitrogens is 3. The highest BCUT2D eigenvalue weighted by Gasteiger charge is 2.16. The van der Waals surface area contributed by atoms with Crippen LogP contribution in [0.25, 0.3) is 22.3 Å². The van der Waals surface area contributed by atoms with Gasteiger partial charge in [-0.2, -0.15) is 0 Å². The van der Waals surface area contributed by atoms with E-state index in [1.165, 1.54) is 30.3 Å². The van der Waals surface area contributed by atoms with Crippen molar-refractivity contribution in [3.63, 3.8) is 0 Å². The largest absolute Gasteiger partial charge is 0.323 e. The fourth-order valence-corrected chi connectivity index (χ4v) is 3.60. The van der Waals surface area contributed by atoms with Crippen molar-refractivity contribution in [3.05, 3.63) is 114 Å². The lowest BCUT2D eigenvalue weighted by Gasteiger charge is -2.10. The van der Waals surface area contributed by atoms with Crippen molar-refractivity contribution in [2.75, 3.05) is 10.6 Å². The number of amides is 2. The zero-order chi connectivity index (χ0) is 25.1. The number of benzene rings is 3. The molecule has 0 saturated heterocycles. The summed E-state index contributed by atoms with van der Waals surface area (Å²) in [4.78, 5) is 38.2. The van der Waals surface area contributed by atoms with Crippen molar-refractivity contribution in [1.29, 1.82) is 0 Å². The predicted octanol–water partition coefficient (Wildman–Crippen LogP) is 5.85. The quantitative estimate of drug-likeness (QED) is 0.307. The van der Waals surface area contributed by atoms with E-state index in [4.69, 9.17) is 0 Å². The van der Waals surface area contributed by atoms with Crippen molar-refractivity contribution < 1.29 is 18.4 Å². The molecule has 2 amide bonds. The molecular weight excluding hydrogens is 464 g/mol. The van der Waals surface area contributed by atoms with Gasteiger partial charge >= 0.3 is 6.03 Å². The van der Waals surface area contributed by atoms with E-state index in [-0.39, 0.29) is 22.5 Å². The van der Waals surface area contributed by atoms with Crippen molar-refractivity contribution in [3.8, 4) is 11.3 Å². The van der Waals surface area contributed by atoms with E-state index in [0.29, 0.717) is 16.7 Å². The number of nitrogens with one attached hydrogen (secondary N) is 2. The van der Waals surface area contributed by atoms with Gasteiger partial charge in [-0.25, -0.2) is 18.6 Å². The topological polar surface area (TPSA) is 96.9 Å². The maximum Gasteiger partial charge on any atom is 0.323 e. The zero-order valence-electron chi connectivity index (χ0n) is 18.6. The lowest BCUT2D eigenvalue weighted by molar-refractivity contribution is 0.103. The molecule has 7 nitrogen and oxygen atoms in total. The van der Waals surface area contributed by atoms with Gasteiger partial charge < -0.3 is 10.6 Å². The molecule has 2 N–H and O–H groups in total. The molecule has 0 spiro atoms. The first-order valence-corrected chi connectivity index (χ1v) is 10.8. The normalized spacial score (nSPS) is 10.7. The number of fused-ring (bicyclic) bond motifs is 1. The molecule has 0 saturated carbocycles. The number of hydrogen-bond acceptors (Lipinski definition) is 5. The minimum Gasteiger partial charge on any atom is -0.308 e. The molecule has 0 radical (unpaired) electrons. The maximum atomic E-state index is 14.8. The summed E-state index contributed by atoms with van der Waals surface area (Å²) in [5, 5.41) is 4.91. The lowest BCUT2D eigenvalue weighted by Crippen LogP contribution is -2.19. The molecule has 0 fully saturated rings. The minimum atomic E-state index is -0.807. The SMILES string of the molecule is O=C(Nc1cccc(F)c1)Nc1ccc(C(=O)c2ccc3ncc(-c4cccnc4)nc3c2)c(F)c1. The number of carbonyl (C=O) groups excluding carboxylic acids is 2. The van der Waals surface area contributed by atoms with Gasteiger partial charge in [0.1, 0.15) is 11.6 Å². The van der Waals surface area contributed by atoms with Crippen LogP contribution in [0.5, 0.6) is 0 Å². The Labute approximate surface area is 203 Å². The standard InChI is InChI=1S/C27H17F2N5O2/c28-18-4-1-5-19(12-18)32-27(36)33-20-7-8-21(22(29)13-20)26(35)16-6-9-23-24(11-16)34-25(15-31-23)17-3-2-10-30-14-17/h1-15H,(H2,32,33,36). The summed E-state index contributed by atoms with van der Waals surface area (Å²) in [6.07, 6.45) is 4.94. The molecular formula is C27H17F2N5O2.